The first-order valence-corrected chi connectivity index (χ1v) is 24.5. The number of carbonyl (C=O) groups excluding carboxylic acids is 1. The summed E-state index contributed by atoms with van der Waals surface area (Å²) in [5.41, 5.74) is 5.19. The normalized spacial score (nSPS) is 21.5. The van der Waals surface area contributed by atoms with E-state index in [1.54, 1.807) is 30.6 Å². The van der Waals surface area contributed by atoms with Crippen molar-refractivity contribution in [2.45, 2.75) is 68.5 Å². The smallest absolute Gasteiger partial charge is 0.297 e. The summed E-state index contributed by atoms with van der Waals surface area (Å²) in [5.74, 6) is -0.423. The molecular formula is C49H57N9O7S. The molecule has 10 rings (SSSR count). The van der Waals surface area contributed by atoms with Gasteiger partial charge in [-0.3, -0.25) is 24.7 Å². The van der Waals surface area contributed by atoms with E-state index in [0.717, 1.165) is 81.4 Å². The molecule has 3 aromatic carbocycles. The Hall–Kier alpha value is -6.01. The zero-order chi connectivity index (χ0) is 45.7. The minimum atomic E-state index is -4.64. The molecule has 2 atom stereocenters. The number of nitrogens with zero attached hydrogens (tertiary/aromatic N) is 6. The fourth-order valence-corrected chi connectivity index (χ4v) is 11.9. The molecular weight excluding hydrogens is 859 g/mol. The van der Waals surface area contributed by atoms with Gasteiger partial charge in [0.05, 0.1) is 27.6 Å². The molecule has 3 N–H and O–H groups in total. The number of piperidine rings is 1. The van der Waals surface area contributed by atoms with Gasteiger partial charge in [-0.15, -0.1) is 0 Å². The van der Waals surface area contributed by atoms with Crippen molar-refractivity contribution in [2.24, 2.45) is 5.41 Å². The first-order valence-electron chi connectivity index (χ1n) is 23.0. The van der Waals surface area contributed by atoms with Gasteiger partial charge in [0.1, 0.15) is 23.8 Å². The maximum absolute atomic E-state index is 14.1. The average molecular weight is 916 g/mol. The highest BCUT2D eigenvalue weighted by atomic mass is 32.2. The highest BCUT2D eigenvalue weighted by Crippen LogP contribution is 2.54. The number of hydrogen-bond acceptors (Lipinski definition) is 13. The van der Waals surface area contributed by atoms with E-state index in [1.807, 2.05) is 12.1 Å². The molecule has 1 aliphatic carbocycles. The zero-order valence-electron chi connectivity index (χ0n) is 37.5. The number of fused-ring (bicyclic) bond motifs is 2. The first-order chi connectivity index (χ1) is 31.8. The van der Waals surface area contributed by atoms with Crippen molar-refractivity contribution in [3.63, 3.8) is 0 Å². The van der Waals surface area contributed by atoms with Crippen LogP contribution in [-0.4, -0.2) is 122 Å². The number of nitro groups is 1. The maximum Gasteiger partial charge on any atom is 0.297 e. The lowest BCUT2D eigenvalue weighted by Gasteiger charge is -2.56. The van der Waals surface area contributed by atoms with Gasteiger partial charge in [-0.05, 0) is 99.8 Å². The Kier molecular flexibility index (Phi) is 11.7. The number of allylic oxidation sites excluding steroid dienone is 1. The van der Waals surface area contributed by atoms with E-state index in [9.17, 15) is 23.3 Å². The molecule has 1 spiro atoms. The standard InChI is InChI=1S/C49H57N9O7S/c1-32(2)39-7-4-5-8-40(39)42-9-6-16-57(42)36-27-49(28-36)13-17-56(18-14-49)35-10-11-41(44(24-35)65-37-23-33-12-15-50-47(33)51-29-37)48(59)53-66(62,63)38-25-43(58(60)61)46-45(26-38)64-31-34(52-46)30-55-21-19-54(3)20-22-55/h4-5,7-8,10-12,15,23-26,29,34,36,42,52H,1,6,9,13-14,16-22,27-28,30-31H2,2-3H3,(H,50,51)(H,53,59)/t34-,42+/m1/s1. The molecule has 17 heteroatoms. The second kappa shape index (κ2) is 17.7. The van der Waals surface area contributed by atoms with Gasteiger partial charge >= 0.3 is 0 Å². The Bertz CT molecular complexity index is 2790. The van der Waals surface area contributed by atoms with Crippen LogP contribution in [0.15, 0.2) is 90.6 Å². The minimum absolute atomic E-state index is 0.0259. The number of nitro benzene ring substituents is 1. The monoisotopic (exact) mass is 915 g/mol. The van der Waals surface area contributed by atoms with E-state index >= 15 is 0 Å². The molecule has 5 aromatic rings. The summed E-state index contributed by atoms with van der Waals surface area (Å²) in [6.45, 7) is 13.5. The molecule has 5 aliphatic rings. The van der Waals surface area contributed by atoms with Crippen LogP contribution in [0.5, 0.6) is 17.2 Å². The lowest BCUT2D eigenvalue weighted by Crippen LogP contribution is -2.54. The Morgan fingerprint density at radius 1 is 1.02 bits per heavy atom. The highest BCUT2D eigenvalue weighted by Gasteiger charge is 2.50. The number of likely N-dealkylation sites (N-methyl/N-ethyl adjacent to an activating group) is 1. The maximum atomic E-state index is 14.1. The van der Waals surface area contributed by atoms with E-state index in [0.29, 0.717) is 30.0 Å². The second-order valence-electron chi connectivity index (χ2n) is 18.9. The van der Waals surface area contributed by atoms with Crippen LogP contribution in [0.25, 0.3) is 16.6 Å². The number of ether oxygens (including phenoxy) is 2. The van der Waals surface area contributed by atoms with Crippen molar-refractivity contribution < 1.29 is 27.6 Å². The molecule has 66 heavy (non-hydrogen) atoms. The van der Waals surface area contributed by atoms with Crippen LogP contribution >= 0.6 is 0 Å². The summed E-state index contributed by atoms with van der Waals surface area (Å²) in [6.07, 6.45) is 10.1. The molecule has 1 saturated carbocycles. The minimum Gasteiger partial charge on any atom is -0.489 e. The predicted molar refractivity (Wildman–Crippen MR) is 254 cm³/mol. The molecule has 2 aromatic heterocycles. The number of likely N-dealkylation sites (tertiary alicyclic amines) is 1. The largest absolute Gasteiger partial charge is 0.489 e. The van der Waals surface area contributed by atoms with Crippen molar-refractivity contribution in [3.05, 3.63) is 113 Å². The van der Waals surface area contributed by atoms with Crippen LogP contribution < -0.4 is 24.4 Å². The number of hydrogen-bond donors (Lipinski definition) is 3. The predicted octanol–water partition coefficient (Wildman–Crippen LogP) is 7.42. The van der Waals surface area contributed by atoms with E-state index in [4.69, 9.17) is 9.47 Å². The topological polar surface area (TPSA) is 179 Å². The lowest BCUT2D eigenvalue weighted by molar-refractivity contribution is -0.384. The summed E-state index contributed by atoms with van der Waals surface area (Å²) in [6, 6.07) is 20.5. The van der Waals surface area contributed by atoms with Crippen LogP contribution in [0.1, 0.15) is 73.0 Å². The van der Waals surface area contributed by atoms with Gasteiger partial charge in [0.15, 0.2) is 11.4 Å². The first kappa shape index (κ1) is 43.9. The van der Waals surface area contributed by atoms with Crippen molar-refractivity contribution >= 4 is 49.6 Å². The number of piperazine rings is 1. The summed E-state index contributed by atoms with van der Waals surface area (Å²) in [5, 5.41) is 16.4. The van der Waals surface area contributed by atoms with Crippen molar-refractivity contribution in [1.29, 1.82) is 0 Å². The quantitative estimate of drug-likeness (QED) is 0.0833. The molecule has 6 heterocycles. The van der Waals surface area contributed by atoms with Crippen molar-refractivity contribution in [1.82, 2.24) is 29.4 Å². The Balaban J connectivity index is 0.849. The third-order valence-electron chi connectivity index (χ3n) is 14.5. The Morgan fingerprint density at radius 2 is 1.80 bits per heavy atom. The number of aromatic nitrogens is 2. The van der Waals surface area contributed by atoms with Gasteiger partial charge in [-0.25, -0.2) is 18.1 Å². The molecule has 0 bridgehead atoms. The number of aromatic amines is 1. The van der Waals surface area contributed by atoms with Gasteiger partial charge in [0.25, 0.3) is 21.6 Å². The number of anilines is 2. The lowest BCUT2D eigenvalue weighted by atomic mass is 9.59. The molecule has 3 saturated heterocycles. The molecule has 1 amide bonds. The fraction of sp³-hybridized carbons (Fsp3) is 0.429. The molecule has 16 nitrogen and oxygen atoms in total. The van der Waals surface area contributed by atoms with Gasteiger partial charge in [0, 0.05) is 93.4 Å². The van der Waals surface area contributed by atoms with Crippen LogP contribution in [-0.2, 0) is 10.0 Å². The van der Waals surface area contributed by atoms with E-state index < -0.39 is 31.4 Å². The van der Waals surface area contributed by atoms with E-state index in [-0.39, 0.29) is 40.8 Å². The number of pyridine rings is 1. The number of carbonyl (C=O) groups is 1. The Morgan fingerprint density at radius 3 is 2.58 bits per heavy atom. The summed E-state index contributed by atoms with van der Waals surface area (Å²) >= 11 is 0. The summed E-state index contributed by atoms with van der Waals surface area (Å²) in [4.78, 5) is 42.4. The van der Waals surface area contributed by atoms with E-state index in [2.05, 4.69) is 84.4 Å². The molecule has 4 fully saturated rings. The third kappa shape index (κ3) is 8.72. The number of amides is 1. The van der Waals surface area contributed by atoms with Gasteiger partial charge < -0.3 is 29.6 Å². The molecule has 0 radical (unpaired) electrons. The highest BCUT2D eigenvalue weighted by molar-refractivity contribution is 7.90. The van der Waals surface area contributed by atoms with Crippen LogP contribution in [0.2, 0.25) is 0 Å². The number of nitrogens with one attached hydrogen (secondary N) is 3. The fourth-order valence-electron chi connectivity index (χ4n) is 10.9. The van der Waals surface area contributed by atoms with Crippen LogP contribution in [0.3, 0.4) is 0 Å². The zero-order valence-corrected chi connectivity index (χ0v) is 38.3. The molecule has 0 unspecified atom stereocenters. The van der Waals surface area contributed by atoms with Gasteiger partial charge in [0.2, 0.25) is 0 Å². The number of benzene rings is 3. The van der Waals surface area contributed by atoms with Gasteiger partial charge in [-0.2, -0.15) is 0 Å². The second-order valence-corrected chi connectivity index (χ2v) is 20.6. The number of H-pyrrole nitrogens is 1. The van der Waals surface area contributed by atoms with Crippen molar-refractivity contribution in [3.8, 4) is 17.2 Å². The Labute approximate surface area is 385 Å². The molecule has 4 aliphatic heterocycles. The molecule has 346 valence electrons. The van der Waals surface area contributed by atoms with Crippen LogP contribution in [0.4, 0.5) is 17.1 Å². The summed E-state index contributed by atoms with van der Waals surface area (Å²) < 4.78 is 42.4. The number of rotatable bonds is 12. The van der Waals surface area contributed by atoms with E-state index in [1.165, 1.54) is 42.9 Å². The average Bonchev–Trinajstić information content (AvgIpc) is 3.99. The van der Waals surface area contributed by atoms with Crippen LogP contribution in [0, 0.1) is 15.5 Å². The summed E-state index contributed by atoms with van der Waals surface area (Å²) in [7, 11) is -2.57. The third-order valence-corrected chi connectivity index (χ3v) is 15.8. The number of sulfonamides is 1. The SMILES string of the molecule is C=C(C)c1ccccc1[C@@H]1CCCN1C1CC2(CCN(c3ccc(C(=O)NS(=O)(=O)c4cc5c(c([N+](=O)[O-])c4)N[C@H](CN4CCN(C)CC4)CO5)c(Oc4cnc5[nH]ccc5c4)c3)CC2)C1. The van der Waals surface area contributed by atoms with Crippen molar-refractivity contribution in [2.75, 3.05) is 76.2 Å². The van der Waals surface area contributed by atoms with Gasteiger partial charge in [-0.1, -0.05) is 36.4 Å².